The van der Waals surface area contributed by atoms with E-state index < -0.39 is 5.97 Å². The maximum absolute atomic E-state index is 13.0. The summed E-state index contributed by atoms with van der Waals surface area (Å²) >= 11 is 0. The zero-order valence-corrected chi connectivity index (χ0v) is 19.1. The molecule has 1 aromatic heterocycles. The fraction of sp³-hybridized carbons (Fsp3) is 0.500. The lowest BCUT2D eigenvalue weighted by atomic mass is 10.0. The van der Waals surface area contributed by atoms with Crippen LogP contribution in [0.15, 0.2) is 24.3 Å². The number of rotatable bonds is 8. The Kier molecular flexibility index (Phi) is 7.38. The molecule has 0 bridgehead atoms. The number of nitrogens with one attached hydrogen (secondary N) is 2. The van der Waals surface area contributed by atoms with Crippen molar-refractivity contribution in [3.63, 3.8) is 0 Å². The van der Waals surface area contributed by atoms with E-state index >= 15 is 0 Å². The summed E-state index contributed by atoms with van der Waals surface area (Å²) in [5.41, 5.74) is 3.20. The molecule has 1 atom stereocenters. The van der Waals surface area contributed by atoms with Crippen LogP contribution in [-0.4, -0.2) is 54.6 Å². The fourth-order valence-corrected chi connectivity index (χ4v) is 4.19. The molecule has 2 heterocycles. The first-order valence-electron chi connectivity index (χ1n) is 10.9. The molecule has 1 amide bonds. The molecule has 1 aromatic carbocycles. The van der Waals surface area contributed by atoms with Gasteiger partial charge in [-0.3, -0.25) is 9.69 Å². The highest BCUT2D eigenvalue weighted by molar-refractivity contribution is 6.00. The molecule has 0 spiro atoms. The molecule has 31 heavy (non-hydrogen) atoms. The lowest BCUT2D eigenvalue weighted by Gasteiger charge is -2.28. The average molecular weight is 428 g/mol. The van der Waals surface area contributed by atoms with Gasteiger partial charge in [0.1, 0.15) is 11.4 Å². The summed E-state index contributed by atoms with van der Waals surface area (Å²) in [6.45, 7) is 9.64. The van der Waals surface area contributed by atoms with Crippen molar-refractivity contribution in [3.05, 3.63) is 52.3 Å². The largest absolute Gasteiger partial charge is 0.497 e. The zero-order chi connectivity index (χ0) is 22.5. The van der Waals surface area contributed by atoms with Crippen LogP contribution >= 0.6 is 0 Å². The first kappa shape index (κ1) is 22.9. The van der Waals surface area contributed by atoms with Gasteiger partial charge in [-0.25, -0.2) is 4.79 Å². The van der Waals surface area contributed by atoms with Crippen molar-refractivity contribution in [1.82, 2.24) is 15.2 Å². The molecule has 1 aliphatic rings. The third-order valence-electron chi connectivity index (χ3n) is 5.73. The van der Waals surface area contributed by atoms with Crippen LogP contribution in [0.1, 0.15) is 70.4 Å². The van der Waals surface area contributed by atoms with Gasteiger partial charge in [-0.1, -0.05) is 12.1 Å². The van der Waals surface area contributed by atoms with E-state index in [1.165, 1.54) is 0 Å². The van der Waals surface area contributed by atoms with E-state index in [-0.39, 0.29) is 18.1 Å². The monoisotopic (exact) mass is 427 g/mol. The maximum Gasteiger partial charge on any atom is 0.340 e. The maximum atomic E-state index is 13.0. The second kappa shape index (κ2) is 10.0. The van der Waals surface area contributed by atoms with E-state index in [0.29, 0.717) is 29.1 Å². The minimum absolute atomic E-state index is 0.0586. The average Bonchev–Trinajstić information content (AvgIpc) is 3.35. The van der Waals surface area contributed by atoms with Gasteiger partial charge < -0.3 is 19.8 Å². The lowest BCUT2D eigenvalue weighted by Crippen LogP contribution is -2.37. The van der Waals surface area contributed by atoms with Crippen LogP contribution in [0.5, 0.6) is 5.75 Å². The number of carbonyl (C=O) groups excluding carboxylic acids is 2. The number of hydrogen-bond acceptors (Lipinski definition) is 5. The van der Waals surface area contributed by atoms with Crippen molar-refractivity contribution in [2.24, 2.45) is 0 Å². The molecule has 3 rings (SSSR count). The Morgan fingerprint density at radius 2 is 1.90 bits per heavy atom. The Bertz CT molecular complexity index is 929. The first-order valence-corrected chi connectivity index (χ1v) is 10.9. The van der Waals surface area contributed by atoms with Gasteiger partial charge in [0, 0.05) is 12.2 Å². The van der Waals surface area contributed by atoms with Crippen molar-refractivity contribution in [1.29, 1.82) is 0 Å². The van der Waals surface area contributed by atoms with Gasteiger partial charge in [0.05, 0.1) is 24.8 Å². The number of aromatic amines is 1. The van der Waals surface area contributed by atoms with E-state index in [2.05, 4.69) is 21.3 Å². The zero-order valence-electron chi connectivity index (χ0n) is 19.1. The number of esters is 1. The highest BCUT2D eigenvalue weighted by atomic mass is 16.5. The van der Waals surface area contributed by atoms with Crippen molar-refractivity contribution in [2.45, 2.75) is 52.7 Å². The van der Waals surface area contributed by atoms with Crippen LogP contribution in [0.3, 0.4) is 0 Å². The smallest absolute Gasteiger partial charge is 0.340 e. The summed E-state index contributed by atoms with van der Waals surface area (Å²) in [4.78, 5) is 30.9. The van der Waals surface area contributed by atoms with Crippen molar-refractivity contribution < 1.29 is 19.1 Å². The van der Waals surface area contributed by atoms with Gasteiger partial charge in [0.25, 0.3) is 5.91 Å². The van der Waals surface area contributed by atoms with Gasteiger partial charge >= 0.3 is 5.97 Å². The SMILES string of the molecule is COc1cccc(C(CNC(=O)c2[nH]c(C)c(C(=O)OC(C)C)c2C)N2CCCC2)c1. The number of likely N-dealkylation sites (tertiary alicyclic amines) is 1. The van der Waals surface area contributed by atoms with Crippen LogP contribution in [0, 0.1) is 13.8 Å². The molecule has 2 aromatic rings. The Labute approximate surface area is 184 Å². The molecule has 168 valence electrons. The third-order valence-corrected chi connectivity index (χ3v) is 5.73. The standard InChI is InChI=1S/C24H33N3O4/c1-15(2)31-24(29)21-16(3)22(26-17(21)4)23(28)25-14-20(27-11-6-7-12-27)18-9-8-10-19(13-18)30-5/h8-10,13,15,20,26H,6-7,11-12,14H2,1-5H3,(H,25,28). The van der Waals surface area contributed by atoms with Crippen LogP contribution in [0.2, 0.25) is 0 Å². The molecule has 1 saturated heterocycles. The molecule has 1 fully saturated rings. The fourth-order valence-electron chi connectivity index (χ4n) is 4.19. The second-order valence-corrected chi connectivity index (χ2v) is 8.32. The molecule has 1 unspecified atom stereocenters. The number of carbonyl (C=O) groups is 2. The Hall–Kier alpha value is -2.80. The minimum Gasteiger partial charge on any atom is -0.497 e. The molecule has 0 radical (unpaired) electrons. The quantitative estimate of drug-likeness (QED) is 0.627. The highest BCUT2D eigenvalue weighted by Gasteiger charge is 2.27. The number of benzene rings is 1. The van der Waals surface area contributed by atoms with Crippen molar-refractivity contribution in [2.75, 3.05) is 26.7 Å². The Balaban J connectivity index is 1.77. The van der Waals surface area contributed by atoms with E-state index in [1.54, 1.807) is 34.8 Å². The van der Waals surface area contributed by atoms with Crippen molar-refractivity contribution >= 4 is 11.9 Å². The molecule has 0 aliphatic carbocycles. The van der Waals surface area contributed by atoms with Crippen LogP contribution < -0.4 is 10.1 Å². The van der Waals surface area contributed by atoms with Gasteiger partial charge in [-0.05, 0) is 76.9 Å². The minimum atomic E-state index is -0.411. The third kappa shape index (κ3) is 5.28. The number of aromatic nitrogens is 1. The predicted octanol–water partition coefficient (Wildman–Crippen LogP) is 3.77. The van der Waals surface area contributed by atoms with E-state index in [1.807, 2.05) is 18.2 Å². The molecular weight excluding hydrogens is 394 g/mol. The number of amides is 1. The molecule has 7 heteroatoms. The molecule has 7 nitrogen and oxygen atoms in total. The second-order valence-electron chi connectivity index (χ2n) is 8.32. The summed E-state index contributed by atoms with van der Waals surface area (Å²) in [6.07, 6.45) is 2.09. The lowest BCUT2D eigenvalue weighted by molar-refractivity contribution is 0.0376. The van der Waals surface area contributed by atoms with Gasteiger partial charge in [0.2, 0.25) is 0 Å². The normalized spacial score (nSPS) is 15.2. The number of ether oxygens (including phenoxy) is 2. The summed E-state index contributed by atoms with van der Waals surface area (Å²) in [6, 6.07) is 8.06. The molecule has 1 aliphatic heterocycles. The Morgan fingerprint density at radius 1 is 1.19 bits per heavy atom. The number of nitrogens with zero attached hydrogens (tertiary/aromatic N) is 1. The number of hydrogen-bond donors (Lipinski definition) is 2. The van der Waals surface area contributed by atoms with Gasteiger partial charge in [-0.2, -0.15) is 0 Å². The number of aryl methyl sites for hydroxylation is 1. The van der Waals surface area contributed by atoms with Crippen molar-refractivity contribution in [3.8, 4) is 5.75 Å². The Morgan fingerprint density at radius 3 is 2.55 bits per heavy atom. The molecule has 0 saturated carbocycles. The van der Waals surface area contributed by atoms with Crippen LogP contribution in [0.25, 0.3) is 0 Å². The van der Waals surface area contributed by atoms with Gasteiger partial charge in [0.15, 0.2) is 0 Å². The summed E-state index contributed by atoms with van der Waals surface area (Å²) in [7, 11) is 1.66. The van der Waals surface area contributed by atoms with E-state index in [0.717, 1.165) is 37.2 Å². The topological polar surface area (TPSA) is 83.7 Å². The van der Waals surface area contributed by atoms with E-state index in [9.17, 15) is 9.59 Å². The van der Waals surface area contributed by atoms with Crippen LogP contribution in [0.4, 0.5) is 0 Å². The van der Waals surface area contributed by atoms with Gasteiger partial charge in [-0.15, -0.1) is 0 Å². The number of H-pyrrole nitrogens is 1. The molecular formula is C24H33N3O4. The predicted molar refractivity (Wildman–Crippen MR) is 120 cm³/mol. The highest BCUT2D eigenvalue weighted by Crippen LogP contribution is 2.27. The number of methoxy groups -OCH3 is 1. The van der Waals surface area contributed by atoms with Crippen LogP contribution in [-0.2, 0) is 4.74 Å². The summed E-state index contributed by atoms with van der Waals surface area (Å²) in [5.74, 6) is 0.167. The summed E-state index contributed by atoms with van der Waals surface area (Å²) < 4.78 is 10.7. The first-order chi connectivity index (χ1) is 14.8. The van der Waals surface area contributed by atoms with E-state index in [4.69, 9.17) is 9.47 Å². The molecule has 2 N–H and O–H groups in total. The summed E-state index contributed by atoms with van der Waals surface area (Å²) in [5, 5.41) is 3.07.